The minimum atomic E-state index is -3.83. The fourth-order valence-electron chi connectivity index (χ4n) is 3.49. The van der Waals surface area contributed by atoms with Gasteiger partial charge in [0.25, 0.3) is 0 Å². The van der Waals surface area contributed by atoms with Gasteiger partial charge in [0.05, 0.1) is 32.2 Å². The highest BCUT2D eigenvalue weighted by Gasteiger charge is 2.32. The summed E-state index contributed by atoms with van der Waals surface area (Å²) < 4.78 is 37.0. The number of ether oxygens (including phenoxy) is 2. The molecule has 7 nitrogen and oxygen atoms in total. The van der Waals surface area contributed by atoms with Crippen molar-refractivity contribution in [3.63, 3.8) is 0 Å². The first kappa shape index (κ1) is 25.8. The van der Waals surface area contributed by atoms with Crippen LogP contribution in [0.4, 0.5) is 5.69 Å². The van der Waals surface area contributed by atoms with Crippen LogP contribution in [0, 0.1) is 5.92 Å². The van der Waals surface area contributed by atoms with Crippen LogP contribution in [0.5, 0.6) is 11.5 Å². The van der Waals surface area contributed by atoms with Crippen molar-refractivity contribution >= 4 is 33.2 Å². The van der Waals surface area contributed by atoms with Gasteiger partial charge in [-0.2, -0.15) is 0 Å². The predicted molar refractivity (Wildman–Crippen MR) is 128 cm³/mol. The highest BCUT2D eigenvalue weighted by molar-refractivity contribution is 7.92. The highest BCUT2D eigenvalue weighted by atomic mass is 35.5. The smallest absolute Gasteiger partial charge is 0.244 e. The summed E-state index contributed by atoms with van der Waals surface area (Å²) in [5.74, 6) is 0.886. The molecule has 0 unspecified atom stereocenters. The number of nitrogens with one attached hydrogen (secondary N) is 1. The molecule has 0 spiro atoms. The van der Waals surface area contributed by atoms with E-state index in [1.165, 1.54) is 20.1 Å². The number of hydrogen-bond acceptors (Lipinski definition) is 5. The third-order valence-corrected chi connectivity index (χ3v) is 6.47. The second kappa shape index (κ2) is 10.9. The normalized spacial score (nSPS) is 13.4. The Hall–Kier alpha value is -2.45. The lowest BCUT2D eigenvalue weighted by Crippen LogP contribution is -2.49. The number of hydrogen-bond donors (Lipinski definition) is 1. The third-order valence-electron chi connectivity index (χ3n) is 5.01. The zero-order valence-electron chi connectivity index (χ0n) is 19.3. The van der Waals surface area contributed by atoms with Gasteiger partial charge in [0, 0.05) is 5.02 Å². The topological polar surface area (TPSA) is 84.9 Å². The highest BCUT2D eigenvalue weighted by Crippen LogP contribution is 2.34. The zero-order chi connectivity index (χ0) is 24.1. The summed E-state index contributed by atoms with van der Waals surface area (Å²) in [5.41, 5.74) is 1.11. The van der Waals surface area contributed by atoms with Crippen molar-refractivity contribution in [2.24, 2.45) is 5.92 Å². The average molecular weight is 483 g/mol. The Kier molecular flexibility index (Phi) is 8.81. The van der Waals surface area contributed by atoms with Crippen molar-refractivity contribution < 1.29 is 22.7 Å². The molecule has 0 fully saturated rings. The molecule has 32 heavy (non-hydrogen) atoms. The minimum absolute atomic E-state index is 0.204. The maximum absolute atomic E-state index is 13.3. The molecule has 1 amide bonds. The number of anilines is 1. The van der Waals surface area contributed by atoms with E-state index >= 15 is 0 Å². The molecule has 0 aliphatic heterocycles. The first-order chi connectivity index (χ1) is 15.0. The number of nitrogens with zero attached hydrogens (tertiary/aromatic N) is 1. The van der Waals surface area contributed by atoms with E-state index in [1.807, 2.05) is 24.3 Å². The number of carbonyl (C=O) groups excluding carboxylic acids is 1. The van der Waals surface area contributed by atoms with Gasteiger partial charge < -0.3 is 14.8 Å². The fraction of sp³-hybridized carbons (Fsp3) is 0.435. The van der Waals surface area contributed by atoms with E-state index in [-0.39, 0.29) is 11.7 Å². The second-order valence-corrected chi connectivity index (χ2v) is 10.3. The number of halogens is 1. The molecule has 176 valence electrons. The van der Waals surface area contributed by atoms with Crippen LogP contribution < -0.4 is 19.1 Å². The average Bonchev–Trinajstić information content (AvgIpc) is 2.72. The summed E-state index contributed by atoms with van der Waals surface area (Å²) in [5, 5.41) is 3.35. The van der Waals surface area contributed by atoms with Crippen molar-refractivity contribution in [3.8, 4) is 11.5 Å². The van der Waals surface area contributed by atoms with Crippen LogP contribution in [0.3, 0.4) is 0 Å². The molecule has 0 bridgehead atoms. The van der Waals surface area contributed by atoms with E-state index in [0.29, 0.717) is 28.9 Å². The number of carbonyl (C=O) groups is 1. The first-order valence-electron chi connectivity index (χ1n) is 10.2. The summed E-state index contributed by atoms with van der Waals surface area (Å²) in [4.78, 5) is 13.3. The van der Waals surface area contributed by atoms with Gasteiger partial charge in [-0.05, 0) is 55.2 Å². The molecule has 2 aromatic carbocycles. The van der Waals surface area contributed by atoms with Gasteiger partial charge in [0.15, 0.2) is 0 Å². The number of amides is 1. The maximum Gasteiger partial charge on any atom is 0.244 e. The van der Waals surface area contributed by atoms with Crippen LogP contribution >= 0.6 is 11.6 Å². The molecule has 0 heterocycles. The molecule has 0 aliphatic rings. The molecule has 0 saturated heterocycles. The van der Waals surface area contributed by atoms with Gasteiger partial charge in [-0.1, -0.05) is 37.6 Å². The Bertz CT molecular complexity index is 1030. The molecule has 0 radical (unpaired) electrons. The number of sulfonamides is 1. The van der Waals surface area contributed by atoms with Crippen LogP contribution in [0.2, 0.25) is 5.02 Å². The van der Waals surface area contributed by atoms with Gasteiger partial charge in [-0.25, -0.2) is 8.42 Å². The van der Waals surface area contributed by atoms with Crippen molar-refractivity contribution in [2.75, 3.05) is 24.8 Å². The van der Waals surface area contributed by atoms with Gasteiger partial charge in [0.2, 0.25) is 15.9 Å². The Morgan fingerprint density at radius 1 is 1.06 bits per heavy atom. The summed E-state index contributed by atoms with van der Waals surface area (Å²) >= 11 is 6.11. The zero-order valence-corrected chi connectivity index (χ0v) is 20.8. The molecule has 0 aromatic heterocycles. The van der Waals surface area contributed by atoms with E-state index in [4.69, 9.17) is 21.1 Å². The lowest BCUT2D eigenvalue weighted by Gasteiger charge is -2.31. The van der Waals surface area contributed by atoms with Crippen molar-refractivity contribution in [3.05, 3.63) is 53.1 Å². The van der Waals surface area contributed by atoms with Gasteiger partial charge >= 0.3 is 0 Å². The van der Waals surface area contributed by atoms with Gasteiger partial charge in [0.1, 0.15) is 17.5 Å². The fourth-order valence-corrected chi connectivity index (χ4v) is 4.83. The molecular formula is C23H31ClN2O5S. The summed E-state index contributed by atoms with van der Waals surface area (Å²) in [7, 11) is -0.805. The Labute approximate surface area is 195 Å². The number of benzene rings is 2. The van der Waals surface area contributed by atoms with Gasteiger partial charge in [-0.3, -0.25) is 9.10 Å². The van der Waals surface area contributed by atoms with Gasteiger partial charge in [-0.15, -0.1) is 0 Å². The van der Waals surface area contributed by atoms with Crippen molar-refractivity contribution in [1.82, 2.24) is 5.32 Å². The lowest BCUT2D eigenvalue weighted by molar-refractivity contribution is -0.122. The minimum Gasteiger partial charge on any atom is -0.497 e. The Balaban J connectivity index is 2.39. The number of methoxy groups -OCH3 is 2. The molecular weight excluding hydrogens is 452 g/mol. The third kappa shape index (κ3) is 6.53. The van der Waals surface area contributed by atoms with Crippen molar-refractivity contribution in [1.29, 1.82) is 0 Å². The lowest BCUT2D eigenvalue weighted by atomic mass is 9.96. The molecule has 9 heteroatoms. The van der Waals surface area contributed by atoms with Crippen LogP contribution in [0.1, 0.15) is 38.8 Å². The van der Waals surface area contributed by atoms with E-state index in [1.54, 1.807) is 19.2 Å². The quantitative estimate of drug-likeness (QED) is 0.542. The SMILES string of the molecule is COc1ccc([C@@H](CC(C)C)NC(=O)[C@H](C)N(c2cc(Cl)ccc2OC)S(C)(=O)=O)cc1. The molecule has 0 saturated carbocycles. The van der Waals surface area contributed by atoms with E-state index in [2.05, 4.69) is 19.2 Å². The summed E-state index contributed by atoms with van der Waals surface area (Å²) in [6, 6.07) is 10.8. The monoisotopic (exact) mass is 482 g/mol. The largest absolute Gasteiger partial charge is 0.497 e. The summed E-state index contributed by atoms with van der Waals surface area (Å²) in [6.07, 6.45) is 1.73. The standard InChI is InChI=1S/C23H31ClN2O5S/c1-15(2)13-20(17-7-10-19(30-4)11-8-17)25-23(27)16(3)26(32(6,28)29)21-14-18(24)9-12-22(21)31-5/h7-12,14-16,20H,13H2,1-6H3,(H,25,27)/t16-,20+/m0/s1. The summed E-state index contributed by atoms with van der Waals surface area (Å²) in [6.45, 7) is 5.66. The van der Waals surface area contributed by atoms with Crippen molar-refractivity contribution in [2.45, 2.75) is 39.3 Å². The molecule has 2 atom stereocenters. The molecule has 2 aromatic rings. The Morgan fingerprint density at radius 3 is 2.19 bits per heavy atom. The predicted octanol–water partition coefficient (Wildman–Crippen LogP) is 4.42. The van der Waals surface area contributed by atoms with Crippen LogP contribution in [0.15, 0.2) is 42.5 Å². The van der Waals surface area contributed by atoms with E-state index < -0.39 is 22.0 Å². The molecule has 1 N–H and O–H groups in total. The molecule has 2 rings (SSSR count). The molecule has 0 aliphatic carbocycles. The number of rotatable bonds is 10. The van der Waals surface area contributed by atoms with Crippen LogP contribution in [0.25, 0.3) is 0 Å². The maximum atomic E-state index is 13.3. The second-order valence-electron chi connectivity index (χ2n) is 8.01. The van der Waals surface area contributed by atoms with E-state index in [9.17, 15) is 13.2 Å². The van der Waals surface area contributed by atoms with Crippen LogP contribution in [-0.4, -0.2) is 40.8 Å². The Morgan fingerprint density at radius 2 is 1.69 bits per heavy atom. The first-order valence-corrected chi connectivity index (χ1v) is 12.5. The van der Waals surface area contributed by atoms with Crippen LogP contribution in [-0.2, 0) is 14.8 Å². The van der Waals surface area contributed by atoms with E-state index in [0.717, 1.165) is 16.1 Å².